The number of hydrogen-bond donors (Lipinski definition) is 3. The lowest BCUT2D eigenvalue weighted by Crippen LogP contribution is -2.23. The molecule has 0 fully saturated rings. The van der Waals surface area contributed by atoms with Crippen molar-refractivity contribution in [3.05, 3.63) is 18.0 Å². The smallest absolute Gasteiger partial charge is 0.110 e. The monoisotopic (exact) mass is 214 g/mol. The van der Waals surface area contributed by atoms with E-state index in [1.165, 1.54) is 6.20 Å². The largest absolute Gasteiger partial charge is 0.394 e. The van der Waals surface area contributed by atoms with Gasteiger partial charge in [0.05, 0.1) is 18.3 Å². The van der Waals surface area contributed by atoms with E-state index >= 15 is 0 Å². The Labute approximate surface area is 89.0 Å². The average molecular weight is 214 g/mol. The second kappa shape index (κ2) is 4.30. The number of aliphatic hydroxyl groups is 3. The van der Waals surface area contributed by atoms with Gasteiger partial charge in [0, 0.05) is 11.8 Å². The minimum atomic E-state index is -1.16. The van der Waals surface area contributed by atoms with Gasteiger partial charge >= 0.3 is 0 Å². The summed E-state index contributed by atoms with van der Waals surface area (Å²) < 4.78 is 1.70. The van der Waals surface area contributed by atoms with Crippen LogP contribution in [-0.4, -0.2) is 37.8 Å². The molecule has 0 amide bonds. The van der Waals surface area contributed by atoms with Crippen molar-refractivity contribution in [1.82, 2.24) is 9.78 Å². The fourth-order valence-corrected chi connectivity index (χ4v) is 1.18. The molecule has 0 saturated carbocycles. The van der Waals surface area contributed by atoms with Crippen LogP contribution in [0.5, 0.6) is 0 Å². The molecule has 1 aromatic heterocycles. The van der Waals surface area contributed by atoms with E-state index in [4.69, 9.17) is 5.11 Å². The predicted molar refractivity (Wildman–Crippen MR) is 55.3 cm³/mol. The highest BCUT2D eigenvalue weighted by atomic mass is 16.4. The summed E-state index contributed by atoms with van der Waals surface area (Å²) in [6.07, 6.45) is 0.909. The molecule has 2 atom stereocenters. The lowest BCUT2D eigenvalue weighted by molar-refractivity contribution is -0.0153. The Morgan fingerprint density at radius 2 is 2.00 bits per heavy atom. The van der Waals surface area contributed by atoms with Crippen LogP contribution in [0.2, 0.25) is 0 Å². The van der Waals surface area contributed by atoms with Gasteiger partial charge in [0.1, 0.15) is 12.2 Å². The molecular weight excluding hydrogens is 196 g/mol. The van der Waals surface area contributed by atoms with Crippen LogP contribution >= 0.6 is 0 Å². The molecule has 0 bridgehead atoms. The van der Waals surface area contributed by atoms with Crippen molar-refractivity contribution in [2.75, 3.05) is 6.61 Å². The van der Waals surface area contributed by atoms with Crippen LogP contribution in [0.15, 0.2) is 12.4 Å². The molecule has 2 unspecified atom stereocenters. The summed E-state index contributed by atoms with van der Waals surface area (Å²) in [5.74, 6) is 0. The maximum atomic E-state index is 9.60. The Kier molecular flexibility index (Phi) is 3.49. The molecule has 0 aliphatic carbocycles. The minimum absolute atomic E-state index is 0.165. The standard InChI is InChI=1S/C10H18N2O3/c1-10(2,3)12-5-7(4-11-12)9(15)8(14)6-13/h4-5,8-9,13-15H,6H2,1-3H3. The van der Waals surface area contributed by atoms with E-state index < -0.39 is 18.8 Å². The summed E-state index contributed by atoms with van der Waals surface area (Å²) in [6, 6.07) is 0. The van der Waals surface area contributed by atoms with E-state index in [2.05, 4.69) is 5.10 Å². The van der Waals surface area contributed by atoms with Gasteiger partial charge in [0.15, 0.2) is 0 Å². The first kappa shape index (κ1) is 12.2. The molecule has 15 heavy (non-hydrogen) atoms. The highest BCUT2D eigenvalue weighted by molar-refractivity contribution is 5.10. The van der Waals surface area contributed by atoms with Crippen molar-refractivity contribution >= 4 is 0 Å². The van der Waals surface area contributed by atoms with E-state index in [-0.39, 0.29) is 5.54 Å². The van der Waals surface area contributed by atoms with Gasteiger partial charge in [-0.2, -0.15) is 5.10 Å². The van der Waals surface area contributed by atoms with Gasteiger partial charge in [0.25, 0.3) is 0 Å². The molecule has 5 nitrogen and oxygen atoms in total. The van der Waals surface area contributed by atoms with E-state index in [0.717, 1.165) is 0 Å². The van der Waals surface area contributed by atoms with Crippen molar-refractivity contribution < 1.29 is 15.3 Å². The molecule has 0 aliphatic heterocycles. The Morgan fingerprint density at radius 3 is 2.40 bits per heavy atom. The van der Waals surface area contributed by atoms with Crippen LogP contribution in [0.1, 0.15) is 32.4 Å². The fourth-order valence-electron chi connectivity index (χ4n) is 1.18. The summed E-state index contributed by atoms with van der Waals surface area (Å²) in [4.78, 5) is 0. The van der Waals surface area contributed by atoms with E-state index in [1.807, 2.05) is 20.8 Å². The first-order chi connectivity index (χ1) is 6.86. The highest BCUT2D eigenvalue weighted by Crippen LogP contribution is 2.19. The van der Waals surface area contributed by atoms with Crippen LogP contribution in [-0.2, 0) is 5.54 Å². The third kappa shape index (κ3) is 2.77. The van der Waals surface area contributed by atoms with Gasteiger partial charge in [-0.3, -0.25) is 4.68 Å². The van der Waals surface area contributed by atoms with Crippen molar-refractivity contribution in [1.29, 1.82) is 0 Å². The predicted octanol–water partition coefficient (Wildman–Crippen LogP) is 0.0247. The molecule has 0 spiro atoms. The molecule has 0 aliphatic rings. The number of hydrogen-bond acceptors (Lipinski definition) is 4. The zero-order chi connectivity index (χ0) is 11.6. The van der Waals surface area contributed by atoms with E-state index in [9.17, 15) is 10.2 Å². The lowest BCUT2D eigenvalue weighted by atomic mass is 10.1. The summed E-state index contributed by atoms with van der Waals surface area (Å²) in [7, 11) is 0. The molecule has 0 aromatic carbocycles. The summed E-state index contributed by atoms with van der Waals surface area (Å²) >= 11 is 0. The van der Waals surface area contributed by atoms with Gasteiger partial charge in [-0.25, -0.2) is 0 Å². The molecule has 0 radical (unpaired) electrons. The summed E-state index contributed by atoms with van der Waals surface area (Å²) in [5.41, 5.74) is 0.341. The van der Waals surface area contributed by atoms with Gasteiger partial charge in [-0.15, -0.1) is 0 Å². The van der Waals surface area contributed by atoms with Crippen molar-refractivity contribution in [3.8, 4) is 0 Å². The summed E-state index contributed by atoms with van der Waals surface area (Å²) in [6.45, 7) is 5.48. The molecule has 5 heteroatoms. The van der Waals surface area contributed by atoms with Gasteiger partial charge in [-0.05, 0) is 20.8 Å². The molecule has 3 N–H and O–H groups in total. The van der Waals surface area contributed by atoms with Crippen LogP contribution < -0.4 is 0 Å². The second-order valence-corrected chi connectivity index (χ2v) is 4.58. The molecule has 86 valence electrons. The highest BCUT2D eigenvalue weighted by Gasteiger charge is 2.21. The lowest BCUT2D eigenvalue weighted by Gasteiger charge is -2.19. The zero-order valence-corrected chi connectivity index (χ0v) is 9.25. The van der Waals surface area contributed by atoms with Crippen molar-refractivity contribution in [2.24, 2.45) is 0 Å². The number of aliphatic hydroxyl groups excluding tert-OH is 3. The van der Waals surface area contributed by atoms with Crippen molar-refractivity contribution in [3.63, 3.8) is 0 Å². The molecular formula is C10H18N2O3. The molecule has 1 rings (SSSR count). The second-order valence-electron chi connectivity index (χ2n) is 4.58. The normalized spacial score (nSPS) is 16.4. The van der Waals surface area contributed by atoms with Crippen LogP contribution in [0.4, 0.5) is 0 Å². The van der Waals surface area contributed by atoms with Gasteiger partial charge in [0.2, 0.25) is 0 Å². The van der Waals surface area contributed by atoms with Crippen LogP contribution in [0.3, 0.4) is 0 Å². The minimum Gasteiger partial charge on any atom is -0.394 e. The number of nitrogens with zero attached hydrogens (tertiary/aromatic N) is 2. The molecule has 1 heterocycles. The van der Waals surface area contributed by atoms with Crippen LogP contribution in [0, 0.1) is 0 Å². The Hall–Kier alpha value is -0.910. The topological polar surface area (TPSA) is 78.5 Å². The maximum absolute atomic E-state index is 9.60. The first-order valence-electron chi connectivity index (χ1n) is 4.88. The fraction of sp³-hybridized carbons (Fsp3) is 0.700. The average Bonchev–Trinajstić information content (AvgIpc) is 2.63. The maximum Gasteiger partial charge on any atom is 0.110 e. The Balaban J connectivity index is 2.85. The molecule has 1 aromatic rings. The van der Waals surface area contributed by atoms with E-state index in [1.54, 1.807) is 10.9 Å². The van der Waals surface area contributed by atoms with E-state index in [0.29, 0.717) is 5.56 Å². The van der Waals surface area contributed by atoms with Gasteiger partial charge in [-0.1, -0.05) is 0 Å². The number of rotatable bonds is 3. The Morgan fingerprint density at radius 1 is 1.40 bits per heavy atom. The van der Waals surface area contributed by atoms with Crippen molar-refractivity contribution in [2.45, 2.75) is 38.5 Å². The SMILES string of the molecule is CC(C)(C)n1cc(C(O)C(O)CO)cn1. The van der Waals surface area contributed by atoms with Crippen LogP contribution in [0.25, 0.3) is 0 Å². The third-order valence-electron chi connectivity index (χ3n) is 2.18. The third-order valence-corrected chi connectivity index (χ3v) is 2.18. The Bertz CT molecular complexity index is 317. The summed E-state index contributed by atoms with van der Waals surface area (Å²) in [5, 5.41) is 31.6. The zero-order valence-electron chi connectivity index (χ0n) is 9.25. The quantitative estimate of drug-likeness (QED) is 0.663. The number of aromatic nitrogens is 2. The molecule has 0 saturated heterocycles. The van der Waals surface area contributed by atoms with Gasteiger partial charge < -0.3 is 15.3 Å². The first-order valence-corrected chi connectivity index (χ1v) is 4.88.